The van der Waals surface area contributed by atoms with Gasteiger partial charge in [-0.3, -0.25) is 9.59 Å². The molecule has 0 unspecified atom stereocenters. The summed E-state index contributed by atoms with van der Waals surface area (Å²) in [5.74, 6) is -0.747. The normalized spacial score (nSPS) is 13.1. The maximum absolute atomic E-state index is 12.7. The molecular formula is C19H20N2O4S. The molecule has 0 fully saturated rings. The molecule has 0 spiro atoms. The molecule has 1 aromatic carbocycles. The largest absolute Gasteiger partial charge is 0.465 e. The molecule has 0 saturated heterocycles. The number of hydrogen-bond acceptors (Lipinski definition) is 5. The molecule has 26 heavy (non-hydrogen) atoms. The van der Waals surface area contributed by atoms with Gasteiger partial charge in [0.05, 0.1) is 19.2 Å². The molecule has 2 heterocycles. The monoisotopic (exact) mass is 372 g/mol. The number of thiophene rings is 1. The topological polar surface area (TPSA) is 75.7 Å². The van der Waals surface area contributed by atoms with Crippen molar-refractivity contribution in [2.45, 2.75) is 26.8 Å². The maximum Gasteiger partial charge on any atom is 0.341 e. The van der Waals surface area contributed by atoms with Gasteiger partial charge in [-0.05, 0) is 30.5 Å². The number of benzene rings is 1. The Hall–Kier alpha value is -2.67. The number of hydrogen-bond donors (Lipinski definition) is 1. The minimum absolute atomic E-state index is 0.00540. The third-order valence-electron chi connectivity index (χ3n) is 4.51. The van der Waals surface area contributed by atoms with Crippen LogP contribution < -0.4 is 5.32 Å². The van der Waals surface area contributed by atoms with Gasteiger partial charge in [0, 0.05) is 23.9 Å². The summed E-state index contributed by atoms with van der Waals surface area (Å²) in [5, 5.41) is 3.33. The second-order valence-corrected chi connectivity index (χ2v) is 7.26. The second kappa shape index (κ2) is 7.29. The van der Waals surface area contributed by atoms with Crippen LogP contribution in [0.4, 0.5) is 5.00 Å². The van der Waals surface area contributed by atoms with Crippen molar-refractivity contribution in [1.29, 1.82) is 0 Å². The van der Waals surface area contributed by atoms with Crippen molar-refractivity contribution < 1.29 is 19.1 Å². The molecule has 0 radical (unpaired) electrons. The van der Waals surface area contributed by atoms with E-state index in [1.54, 1.807) is 17.0 Å². The zero-order valence-electron chi connectivity index (χ0n) is 14.9. The molecule has 0 aliphatic carbocycles. The Labute approximate surface area is 155 Å². The fraction of sp³-hybridized carbons (Fsp3) is 0.316. The van der Waals surface area contributed by atoms with Crippen molar-refractivity contribution in [3.63, 3.8) is 0 Å². The minimum Gasteiger partial charge on any atom is -0.465 e. The lowest BCUT2D eigenvalue weighted by atomic mass is 10.0. The molecule has 136 valence electrons. The summed E-state index contributed by atoms with van der Waals surface area (Å²) in [6, 6.07) is 7.27. The standard InChI is InChI=1S/C19H20N2O4S/c1-11-6-4-5-7-13(11)17(23)20-18-16(19(24)25-3)14-8-9-21(12(2)22)10-15(14)26-18/h4-7H,8-10H2,1-3H3,(H,20,23). The number of amides is 2. The molecule has 1 N–H and O–H groups in total. The Morgan fingerprint density at radius 2 is 1.96 bits per heavy atom. The third-order valence-corrected chi connectivity index (χ3v) is 5.64. The summed E-state index contributed by atoms with van der Waals surface area (Å²) in [5.41, 5.74) is 2.67. The summed E-state index contributed by atoms with van der Waals surface area (Å²) in [6.45, 7) is 4.38. The SMILES string of the molecule is COC(=O)c1c(NC(=O)c2ccccc2C)sc2c1CCN(C(C)=O)C2. The van der Waals surface area contributed by atoms with E-state index in [1.165, 1.54) is 25.4 Å². The van der Waals surface area contributed by atoms with Crippen molar-refractivity contribution in [2.24, 2.45) is 0 Å². The minimum atomic E-state index is -0.473. The van der Waals surface area contributed by atoms with Crippen molar-refractivity contribution in [3.05, 3.63) is 51.4 Å². The van der Waals surface area contributed by atoms with Gasteiger partial charge in [0.1, 0.15) is 5.00 Å². The molecular weight excluding hydrogens is 352 g/mol. The van der Waals surface area contributed by atoms with Crippen LogP contribution in [0.5, 0.6) is 0 Å². The van der Waals surface area contributed by atoms with E-state index < -0.39 is 5.97 Å². The predicted octanol–water partition coefficient (Wildman–Crippen LogP) is 3.00. The number of nitrogens with one attached hydrogen (secondary N) is 1. The number of anilines is 1. The number of rotatable bonds is 3. The Bertz CT molecular complexity index is 888. The lowest BCUT2D eigenvalue weighted by molar-refractivity contribution is -0.129. The summed E-state index contributed by atoms with van der Waals surface area (Å²) in [6.07, 6.45) is 0.566. The highest BCUT2D eigenvalue weighted by Crippen LogP contribution is 2.38. The van der Waals surface area contributed by atoms with Gasteiger partial charge in [0.25, 0.3) is 5.91 Å². The smallest absolute Gasteiger partial charge is 0.341 e. The Kier molecular flexibility index (Phi) is 5.08. The first-order valence-electron chi connectivity index (χ1n) is 8.27. The molecule has 1 aliphatic rings. The first-order chi connectivity index (χ1) is 12.4. The van der Waals surface area contributed by atoms with Crippen molar-refractivity contribution >= 4 is 34.1 Å². The van der Waals surface area contributed by atoms with Crippen LogP contribution in [0.15, 0.2) is 24.3 Å². The van der Waals surface area contributed by atoms with Crippen LogP contribution in [-0.2, 0) is 22.5 Å². The highest BCUT2D eigenvalue weighted by molar-refractivity contribution is 7.17. The van der Waals surface area contributed by atoms with Gasteiger partial charge in [-0.15, -0.1) is 11.3 Å². The molecule has 0 saturated carbocycles. The van der Waals surface area contributed by atoms with Crippen molar-refractivity contribution in [1.82, 2.24) is 4.90 Å². The highest BCUT2D eigenvalue weighted by atomic mass is 32.1. The second-order valence-electron chi connectivity index (χ2n) is 6.16. The van der Waals surface area contributed by atoms with Crippen LogP contribution in [0.25, 0.3) is 0 Å². The van der Waals surface area contributed by atoms with E-state index in [-0.39, 0.29) is 11.8 Å². The molecule has 7 heteroatoms. The van der Waals surface area contributed by atoms with Gasteiger partial charge in [0.2, 0.25) is 5.91 Å². The molecule has 1 aromatic heterocycles. The lowest BCUT2D eigenvalue weighted by Gasteiger charge is -2.25. The van der Waals surface area contributed by atoms with Crippen LogP contribution in [0.3, 0.4) is 0 Å². The van der Waals surface area contributed by atoms with Gasteiger partial charge in [0.15, 0.2) is 0 Å². The Morgan fingerprint density at radius 3 is 2.62 bits per heavy atom. The summed E-state index contributed by atoms with van der Waals surface area (Å²) in [4.78, 5) is 39.3. The number of methoxy groups -OCH3 is 1. The number of aryl methyl sites for hydroxylation is 1. The molecule has 1 aliphatic heterocycles. The van der Waals surface area contributed by atoms with E-state index in [1.807, 2.05) is 19.1 Å². The van der Waals surface area contributed by atoms with Crippen LogP contribution in [0, 0.1) is 6.92 Å². The number of ether oxygens (including phenoxy) is 1. The molecule has 6 nitrogen and oxygen atoms in total. The van der Waals surface area contributed by atoms with Crippen LogP contribution in [0.2, 0.25) is 0 Å². The Morgan fingerprint density at radius 1 is 1.23 bits per heavy atom. The average Bonchev–Trinajstić information content (AvgIpc) is 2.98. The van der Waals surface area contributed by atoms with E-state index >= 15 is 0 Å². The summed E-state index contributed by atoms with van der Waals surface area (Å²) >= 11 is 1.33. The van der Waals surface area contributed by atoms with E-state index in [0.717, 1.165) is 16.0 Å². The van der Waals surface area contributed by atoms with E-state index in [9.17, 15) is 14.4 Å². The van der Waals surface area contributed by atoms with E-state index in [0.29, 0.717) is 35.6 Å². The van der Waals surface area contributed by atoms with Gasteiger partial charge in [-0.25, -0.2) is 4.79 Å². The van der Waals surface area contributed by atoms with E-state index in [2.05, 4.69) is 5.32 Å². The average molecular weight is 372 g/mol. The fourth-order valence-corrected chi connectivity index (χ4v) is 4.32. The molecule has 2 aromatic rings. The van der Waals surface area contributed by atoms with Gasteiger partial charge >= 0.3 is 5.97 Å². The van der Waals surface area contributed by atoms with Gasteiger partial charge in [-0.2, -0.15) is 0 Å². The quantitative estimate of drug-likeness (QED) is 0.841. The van der Waals surface area contributed by atoms with Crippen LogP contribution in [0.1, 0.15) is 43.6 Å². The summed E-state index contributed by atoms with van der Waals surface area (Å²) < 4.78 is 4.92. The molecule has 0 atom stereocenters. The molecule has 3 rings (SSSR count). The fourth-order valence-electron chi connectivity index (χ4n) is 3.08. The first kappa shape index (κ1) is 18.1. The number of fused-ring (bicyclic) bond motifs is 1. The number of esters is 1. The zero-order valence-corrected chi connectivity index (χ0v) is 15.7. The van der Waals surface area contributed by atoms with Gasteiger partial charge < -0.3 is 15.0 Å². The number of carbonyl (C=O) groups excluding carboxylic acids is 3. The molecule has 2 amide bonds. The van der Waals surface area contributed by atoms with E-state index in [4.69, 9.17) is 4.74 Å². The maximum atomic E-state index is 12.7. The predicted molar refractivity (Wildman–Crippen MR) is 99.6 cm³/mol. The van der Waals surface area contributed by atoms with Gasteiger partial charge in [-0.1, -0.05) is 18.2 Å². The summed E-state index contributed by atoms with van der Waals surface area (Å²) in [7, 11) is 1.32. The highest BCUT2D eigenvalue weighted by Gasteiger charge is 2.30. The van der Waals surface area contributed by atoms with Crippen LogP contribution in [-0.4, -0.2) is 36.3 Å². The number of nitrogens with zero attached hydrogens (tertiary/aromatic N) is 1. The van der Waals surface area contributed by atoms with Crippen molar-refractivity contribution in [3.8, 4) is 0 Å². The third kappa shape index (κ3) is 3.35. The number of carbonyl (C=O) groups is 3. The lowest BCUT2D eigenvalue weighted by Crippen LogP contribution is -2.33. The van der Waals surface area contributed by atoms with Crippen molar-refractivity contribution in [2.75, 3.05) is 19.0 Å². The first-order valence-corrected chi connectivity index (χ1v) is 9.09. The molecule has 0 bridgehead atoms. The zero-order chi connectivity index (χ0) is 18.8. The Balaban J connectivity index is 1.97. The van der Waals surface area contributed by atoms with Crippen LogP contribution >= 0.6 is 11.3 Å².